The summed E-state index contributed by atoms with van der Waals surface area (Å²) >= 11 is 0. The summed E-state index contributed by atoms with van der Waals surface area (Å²) in [6, 6.07) is 0.600. The molecule has 1 saturated heterocycles. The van der Waals surface area contributed by atoms with Crippen LogP contribution in [0.5, 0.6) is 0 Å². The average molecular weight is 260 g/mol. The van der Waals surface area contributed by atoms with Gasteiger partial charge in [0, 0.05) is 18.8 Å². The highest BCUT2D eigenvalue weighted by Crippen LogP contribution is 2.18. The minimum Gasteiger partial charge on any atom is -0.297 e. The van der Waals surface area contributed by atoms with Crippen LogP contribution in [0.3, 0.4) is 0 Å². The normalized spacial score (nSPS) is 20.2. The Morgan fingerprint density at radius 1 is 1.26 bits per heavy atom. The Hall–Kier alpha value is -1.69. The second-order valence-corrected chi connectivity index (χ2v) is 5.23. The van der Waals surface area contributed by atoms with Gasteiger partial charge in [-0.1, -0.05) is 0 Å². The van der Waals surface area contributed by atoms with E-state index in [1.807, 2.05) is 10.9 Å². The van der Waals surface area contributed by atoms with Gasteiger partial charge in [0.05, 0.1) is 19.3 Å². The lowest BCUT2D eigenvalue weighted by atomic mass is 10.2. The first-order chi connectivity index (χ1) is 9.31. The quantitative estimate of drug-likeness (QED) is 0.803. The van der Waals surface area contributed by atoms with Crippen molar-refractivity contribution in [1.82, 2.24) is 29.4 Å². The molecule has 0 saturated carbocycles. The summed E-state index contributed by atoms with van der Waals surface area (Å²) in [7, 11) is 0. The summed E-state index contributed by atoms with van der Waals surface area (Å²) in [5.41, 5.74) is 1.23. The van der Waals surface area contributed by atoms with Crippen molar-refractivity contribution in [3.63, 3.8) is 0 Å². The van der Waals surface area contributed by atoms with Gasteiger partial charge in [-0.15, -0.1) is 0 Å². The summed E-state index contributed by atoms with van der Waals surface area (Å²) in [4.78, 5) is 6.52. The van der Waals surface area contributed by atoms with Crippen LogP contribution in [0.2, 0.25) is 0 Å². The van der Waals surface area contributed by atoms with Crippen LogP contribution >= 0.6 is 0 Å². The molecule has 2 aromatic rings. The van der Waals surface area contributed by atoms with Crippen LogP contribution in [-0.2, 0) is 13.1 Å². The molecule has 19 heavy (non-hydrogen) atoms. The molecule has 0 bridgehead atoms. The third kappa shape index (κ3) is 3.01. The number of hydrogen-bond acceptors (Lipinski definition) is 4. The molecule has 6 nitrogen and oxygen atoms in total. The highest BCUT2D eigenvalue weighted by molar-refractivity contribution is 4.99. The van der Waals surface area contributed by atoms with Crippen molar-refractivity contribution in [2.24, 2.45) is 0 Å². The van der Waals surface area contributed by atoms with Gasteiger partial charge in [0.1, 0.15) is 12.7 Å². The Balaban J connectivity index is 1.55. The van der Waals surface area contributed by atoms with E-state index in [1.54, 1.807) is 12.7 Å². The third-order valence-corrected chi connectivity index (χ3v) is 3.74. The van der Waals surface area contributed by atoms with E-state index in [1.165, 1.54) is 24.9 Å². The van der Waals surface area contributed by atoms with Crippen molar-refractivity contribution in [3.8, 4) is 0 Å². The molecule has 0 unspecified atom stereocenters. The summed E-state index contributed by atoms with van der Waals surface area (Å²) in [6.07, 6.45) is 9.96. The van der Waals surface area contributed by atoms with Gasteiger partial charge in [0.15, 0.2) is 0 Å². The predicted molar refractivity (Wildman–Crippen MR) is 71.6 cm³/mol. The zero-order valence-corrected chi connectivity index (χ0v) is 11.3. The van der Waals surface area contributed by atoms with E-state index in [2.05, 4.69) is 37.9 Å². The fraction of sp³-hybridized carbons (Fsp3) is 0.615. The first-order valence-electron chi connectivity index (χ1n) is 6.87. The zero-order chi connectivity index (χ0) is 13.1. The first kappa shape index (κ1) is 12.3. The molecule has 0 N–H and O–H groups in total. The highest BCUT2D eigenvalue weighted by Gasteiger charge is 2.24. The molecular formula is C13H20N6. The van der Waals surface area contributed by atoms with Crippen molar-refractivity contribution < 1.29 is 0 Å². The summed E-state index contributed by atoms with van der Waals surface area (Å²) < 4.78 is 3.96. The van der Waals surface area contributed by atoms with E-state index < -0.39 is 0 Å². The fourth-order valence-corrected chi connectivity index (χ4v) is 2.76. The highest BCUT2D eigenvalue weighted by atomic mass is 15.3. The second kappa shape index (κ2) is 5.52. The fourth-order valence-electron chi connectivity index (χ4n) is 2.76. The van der Waals surface area contributed by atoms with Crippen LogP contribution in [0.1, 0.15) is 18.4 Å². The summed E-state index contributed by atoms with van der Waals surface area (Å²) in [5, 5.41) is 8.54. The molecule has 102 valence electrons. The minimum absolute atomic E-state index is 0.600. The Kier molecular flexibility index (Phi) is 3.59. The largest absolute Gasteiger partial charge is 0.297 e. The van der Waals surface area contributed by atoms with Gasteiger partial charge >= 0.3 is 0 Å². The zero-order valence-electron chi connectivity index (χ0n) is 11.3. The molecular weight excluding hydrogens is 240 g/mol. The van der Waals surface area contributed by atoms with Crippen molar-refractivity contribution in [2.45, 2.75) is 38.9 Å². The van der Waals surface area contributed by atoms with E-state index >= 15 is 0 Å². The van der Waals surface area contributed by atoms with E-state index in [4.69, 9.17) is 0 Å². The molecule has 2 aromatic heterocycles. The van der Waals surface area contributed by atoms with Crippen LogP contribution in [0.25, 0.3) is 0 Å². The smallest absolute Gasteiger partial charge is 0.137 e. The van der Waals surface area contributed by atoms with E-state index in [-0.39, 0.29) is 0 Å². The lowest BCUT2D eigenvalue weighted by molar-refractivity contribution is 0.216. The van der Waals surface area contributed by atoms with Crippen LogP contribution < -0.4 is 0 Å². The molecule has 6 heteroatoms. The van der Waals surface area contributed by atoms with Crippen LogP contribution in [0.4, 0.5) is 0 Å². The number of likely N-dealkylation sites (tertiary alicyclic amines) is 1. The van der Waals surface area contributed by atoms with Crippen LogP contribution in [0, 0.1) is 6.92 Å². The molecule has 1 aliphatic rings. The molecule has 0 aromatic carbocycles. The van der Waals surface area contributed by atoms with Crippen molar-refractivity contribution in [1.29, 1.82) is 0 Å². The summed E-state index contributed by atoms with van der Waals surface area (Å²) in [6.45, 7) is 6.20. The lowest BCUT2D eigenvalue weighted by Crippen LogP contribution is -2.35. The van der Waals surface area contributed by atoms with Gasteiger partial charge in [-0.2, -0.15) is 10.2 Å². The van der Waals surface area contributed by atoms with E-state index in [0.717, 1.165) is 19.6 Å². The van der Waals surface area contributed by atoms with Gasteiger partial charge in [-0.05, 0) is 31.9 Å². The molecule has 0 spiro atoms. The Morgan fingerprint density at radius 2 is 2.21 bits per heavy atom. The molecule has 0 radical (unpaired) electrons. The molecule has 1 aliphatic heterocycles. The minimum atomic E-state index is 0.600. The molecule has 0 amide bonds. The maximum Gasteiger partial charge on any atom is 0.137 e. The second-order valence-electron chi connectivity index (χ2n) is 5.23. The number of hydrogen-bond donors (Lipinski definition) is 0. The molecule has 1 atom stereocenters. The predicted octanol–water partition coefficient (Wildman–Crippen LogP) is 0.948. The van der Waals surface area contributed by atoms with Crippen molar-refractivity contribution in [2.75, 3.05) is 13.1 Å². The Bertz CT molecular complexity index is 503. The number of nitrogens with zero attached hydrogens (tertiary/aromatic N) is 6. The molecule has 3 rings (SSSR count). The summed E-state index contributed by atoms with van der Waals surface area (Å²) in [5.74, 6) is 0. The van der Waals surface area contributed by atoms with Gasteiger partial charge in [0.2, 0.25) is 0 Å². The van der Waals surface area contributed by atoms with Crippen molar-refractivity contribution in [3.05, 3.63) is 30.6 Å². The first-order valence-corrected chi connectivity index (χ1v) is 6.87. The van der Waals surface area contributed by atoms with Gasteiger partial charge in [-0.25, -0.2) is 4.98 Å². The SMILES string of the molecule is Cc1cnn(C[C@H]2CCCN2CCn2cncn2)c1. The Morgan fingerprint density at radius 3 is 2.95 bits per heavy atom. The topological polar surface area (TPSA) is 51.8 Å². The number of rotatable bonds is 5. The standard InChI is InChI=1S/C13H20N6/c1-12-7-15-19(8-12)9-13-3-2-4-17(13)5-6-18-11-14-10-16-18/h7-8,10-11,13H,2-6,9H2,1H3/t13-/m1/s1. The van der Waals surface area contributed by atoms with E-state index in [9.17, 15) is 0 Å². The monoisotopic (exact) mass is 260 g/mol. The average Bonchev–Trinajstić information content (AvgIpc) is 3.10. The van der Waals surface area contributed by atoms with Gasteiger partial charge < -0.3 is 0 Å². The third-order valence-electron chi connectivity index (χ3n) is 3.74. The maximum absolute atomic E-state index is 4.39. The maximum atomic E-state index is 4.39. The van der Waals surface area contributed by atoms with Crippen LogP contribution in [-0.4, -0.2) is 48.6 Å². The Labute approximate surface area is 113 Å². The molecule has 0 aliphatic carbocycles. The van der Waals surface area contributed by atoms with Gasteiger partial charge in [0.25, 0.3) is 0 Å². The number of aromatic nitrogens is 5. The van der Waals surface area contributed by atoms with E-state index in [0.29, 0.717) is 6.04 Å². The lowest BCUT2D eigenvalue weighted by Gasteiger charge is -2.24. The van der Waals surface area contributed by atoms with Gasteiger partial charge in [-0.3, -0.25) is 14.3 Å². The van der Waals surface area contributed by atoms with Crippen LogP contribution in [0.15, 0.2) is 25.0 Å². The van der Waals surface area contributed by atoms with Crippen molar-refractivity contribution >= 4 is 0 Å². The molecule has 1 fully saturated rings. The number of aryl methyl sites for hydroxylation is 1. The molecule has 3 heterocycles.